The van der Waals surface area contributed by atoms with Gasteiger partial charge in [0.1, 0.15) is 11.9 Å². The van der Waals surface area contributed by atoms with E-state index in [1.165, 1.54) is 0 Å². The van der Waals surface area contributed by atoms with E-state index < -0.39 is 6.04 Å². The Kier molecular flexibility index (Phi) is 3.48. The van der Waals surface area contributed by atoms with E-state index in [1.54, 1.807) is 11.1 Å². The van der Waals surface area contributed by atoms with E-state index in [2.05, 4.69) is 31.8 Å². The number of fused-ring (bicyclic) bond motifs is 1. The first-order valence-corrected chi connectivity index (χ1v) is 7.64. The van der Waals surface area contributed by atoms with Crippen LogP contribution < -0.4 is 0 Å². The lowest BCUT2D eigenvalue weighted by Crippen LogP contribution is -2.28. The molecule has 0 saturated heterocycles. The fourth-order valence-corrected chi connectivity index (χ4v) is 2.89. The number of benzene rings is 1. The third-order valence-corrected chi connectivity index (χ3v) is 4.37. The summed E-state index contributed by atoms with van der Waals surface area (Å²) in [5, 5.41) is 9.62. The molecule has 23 heavy (non-hydrogen) atoms. The molecule has 1 aromatic carbocycles. The zero-order chi connectivity index (χ0) is 16.8. The van der Waals surface area contributed by atoms with Crippen molar-refractivity contribution < 1.29 is 4.79 Å². The van der Waals surface area contributed by atoms with E-state index in [0.717, 1.165) is 17.0 Å². The normalized spacial score (nSPS) is 17.3. The third kappa shape index (κ3) is 2.50. The molecule has 0 radical (unpaired) electrons. The number of hydrogen-bond acceptors (Lipinski definition) is 3. The average Bonchev–Trinajstić information content (AvgIpc) is 3.01. The Morgan fingerprint density at radius 2 is 2.09 bits per heavy atom. The minimum Gasteiger partial charge on any atom is -0.337 e. The number of aryl methyl sites for hydroxylation is 1. The summed E-state index contributed by atoms with van der Waals surface area (Å²) >= 11 is 0. The van der Waals surface area contributed by atoms with Gasteiger partial charge in [-0.25, -0.2) is 4.98 Å². The van der Waals surface area contributed by atoms with Crippen LogP contribution in [0.15, 0.2) is 30.6 Å². The molecular formula is C18H20N4O. The van der Waals surface area contributed by atoms with Gasteiger partial charge in [0, 0.05) is 30.6 Å². The van der Waals surface area contributed by atoms with Crippen LogP contribution in [-0.4, -0.2) is 20.4 Å². The van der Waals surface area contributed by atoms with Gasteiger partial charge in [0.25, 0.3) is 5.91 Å². The number of carbonyl (C=O) groups excluding carboxylic acids is 1. The van der Waals surface area contributed by atoms with Crippen LogP contribution in [0.25, 0.3) is 0 Å². The van der Waals surface area contributed by atoms with Crippen LogP contribution in [0.4, 0.5) is 0 Å². The molecule has 1 aromatic heterocycles. The predicted molar refractivity (Wildman–Crippen MR) is 86.6 cm³/mol. The molecule has 5 heteroatoms. The van der Waals surface area contributed by atoms with Crippen molar-refractivity contribution >= 4 is 5.91 Å². The summed E-state index contributed by atoms with van der Waals surface area (Å²) in [7, 11) is 1.88. The monoisotopic (exact) mass is 308 g/mol. The second-order valence-electron chi connectivity index (χ2n) is 6.97. The Hall–Kier alpha value is -2.61. The Bertz CT molecular complexity index is 807. The number of imidazole rings is 1. The van der Waals surface area contributed by atoms with Crippen LogP contribution in [-0.2, 0) is 19.0 Å². The molecule has 5 nitrogen and oxygen atoms in total. The highest BCUT2D eigenvalue weighted by Gasteiger charge is 2.38. The first-order valence-electron chi connectivity index (χ1n) is 7.64. The van der Waals surface area contributed by atoms with Crippen LogP contribution >= 0.6 is 0 Å². The van der Waals surface area contributed by atoms with E-state index in [-0.39, 0.29) is 11.3 Å². The lowest BCUT2D eigenvalue weighted by Gasteiger charge is -2.21. The molecule has 0 saturated carbocycles. The number of aromatic nitrogens is 2. The van der Waals surface area contributed by atoms with Gasteiger partial charge in [-0.05, 0) is 17.0 Å². The Morgan fingerprint density at radius 3 is 2.65 bits per heavy atom. The van der Waals surface area contributed by atoms with Gasteiger partial charge in [-0.3, -0.25) is 4.79 Å². The van der Waals surface area contributed by atoms with Gasteiger partial charge in [0.05, 0.1) is 12.6 Å². The molecule has 3 rings (SSSR count). The molecule has 0 fully saturated rings. The summed E-state index contributed by atoms with van der Waals surface area (Å²) < 4.78 is 1.87. The van der Waals surface area contributed by atoms with Crippen LogP contribution in [0, 0.1) is 11.3 Å². The maximum Gasteiger partial charge on any atom is 0.256 e. The van der Waals surface area contributed by atoms with Crippen molar-refractivity contribution in [1.29, 1.82) is 5.26 Å². The molecule has 0 aliphatic carbocycles. The molecule has 1 aliphatic rings. The molecule has 1 unspecified atom stereocenters. The minimum atomic E-state index is -0.559. The molecule has 0 bridgehead atoms. The van der Waals surface area contributed by atoms with Gasteiger partial charge in [-0.15, -0.1) is 0 Å². The van der Waals surface area contributed by atoms with Crippen molar-refractivity contribution in [2.75, 3.05) is 0 Å². The van der Waals surface area contributed by atoms with E-state index in [9.17, 15) is 10.1 Å². The predicted octanol–water partition coefficient (Wildman–Crippen LogP) is 2.94. The van der Waals surface area contributed by atoms with Crippen molar-refractivity contribution in [3.05, 3.63) is 53.1 Å². The summed E-state index contributed by atoms with van der Waals surface area (Å²) in [6.45, 7) is 6.70. The van der Waals surface area contributed by atoms with Crippen molar-refractivity contribution in [2.45, 2.75) is 38.8 Å². The molecule has 1 amide bonds. The van der Waals surface area contributed by atoms with Crippen LogP contribution in [0.3, 0.4) is 0 Å². The fraction of sp³-hybridized carbons (Fsp3) is 0.389. The van der Waals surface area contributed by atoms with Crippen molar-refractivity contribution in [3.8, 4) is 6.07 Å². The number of amides is 1. The zero-order valence-electron chi connectivity index (χ0n) is 13.9. The molecular weight excluding hydrogens is 288 g/mol. The number of nitriles is 1. The summed E-state index contributed by atoms with van der Waals surface area (Å²) in [6, 6.07) is 7.55. The maximum atomic E-state index is 12.7. The largest absolute Gasteiger partial charge is 0.337 e. The van der Waals surface area contributed by atoms with Gasteiger partial charge in [0.15, 0.2) is 0 Å². The average molecular weight is 308 g/mol. The molecule has 118 valence electrons. The Labute approximate surface area is 136 Å². The Morgan fingerprint density at radius 1 is 1.35 bits per heavy atom. The number of carbonyl (C=O) groups is 1. The van der Waals surface area contributed by atoms with Gasteiger partial charge in [-0.1, -0.05) is 32.9 Å². The van der Waals surface area contributed by atoms with Crippen molar-refractivity contribution in [3.63, 3.8) is 0 Å². The zero-order valence-corrected chi connectivity index (χ0v) is 13.9. The van der Waals surface area contributed by atoms with Gasteiger partial charge in [0.2, 0.25) is 0 Å². The second kappa shape index (κ2) is 5.24. The SMILES string of the molecule is Cn1ccnc1CN1C(=O)c2ccc(C(C)(C)C)cc2C1C#N. The van der Waals surface area contributed by atoms with E-state index in [4.69, 9.17) is 0 Å². The molecule has 1 atom stereocenters. The highest BCUT2D eigenvalue weighted by molar-refractivity contribution is 5.99. The van der Waals surface area contributed by atoms with Crippen LogP contribution in [0.5, 0.6) is 0 Å². The van der Waals surface area contributed by atoms with Crippen molar-refractivity contribution in [1.82, 2.24) is 14.5 Å². The molecule has 0 N–H and O–H groups in total. The van der Waals surface area contributed by atoms with Gasteiger partial charge in [-0.2, -0.15) is 5.26 Å². The highest BCUT2D eigenvalue weighted by atomic mass is 16.2. The first kappa shape index (κ1) is 15.3. The fourth-order valence-electron chi connectivity index (χ4n) is 2.89. The molecule has 1 aliphatic heterocycles. The summed E-state index contributed by atoms with van der Waals surface area (Å²) in [4.78, 5) is 18.6. The lowest BCUT2D eigenvalue weighted by molar-refractivity contribution is 0.0738. The van der Waals surface area contributed by atoms with Crippen molar-refractivity contribution in [2.24, 2.45) is 7.05 Å². The van der Waals surface area contributed by atoms with Gasteiger partial charge < -0.3 is 9.47 Å². The first-order chi connectivity index (χ1) is 10.8. The molecule has 0 spiro atoms. The molecule has 2 aromatic rings. The van der Waals surface area contributed by atoms with E-state index in [0.29, 0.717) is 12.1 Å². The quantitative estimate of drug-likeness (QED) is 0.857. The summed E-state index contributed by atoms with van der Waals surface area (Å²) in [5.41, 5.74) is 2.53. The van der Waals surface area contributed by atoms with E-state index >= 15 is 0 Å². The molecule has 2 heterocycles. The third-order valence-electron chi connectivity index (χ3n) is 4.37. The number of rotatable bonds is 2. The maximum absolute atomic E-state index is 12.7. The van der Waals surface area contributed by atoms with Crippen LogP contribution in [0.2, 0.25) is 0 Å². The Balaban J connectivity index is 2.01. The van der Waals surface area contributed by atoms with Gasteiger partial charge >= 0.3 is 0 Å². The summed E-state index contributed by atoms with van der Waals surface area (Å²) in [6.07, 6.45) is 3.53. The smallest absolute Gasteiger partial charge is 0.256 e. The lowest BCUT2D eigenvalue weighted by atomic mass is 9.85. The van der Waals surface area contributed by atoms with Crippen LogP contribution in [0.1, 0.15) is 54.1 Å². The number of hydrogen-bond donors (Lipinski definition) is 0. The number of nitrogens with zero attached hydrogens (tertiary/aromatic N) is 4. The highest BCUT2D eigenvalue weighted by Crippen LogP contribution is 2.37. The minimum absolute atomic E-state index is 0.0226. The summed E-state index contributed by atoms with van der Waals surface area (Å²) in [5.74, 6) is 0.664. The topological polar surface area (TPSA) is 61.9 Å². The van der Waals surface area contributed by atoms with E-state index in [1.807, 2.05) is 36.0 Å². The second-order valence-corrected chi connectivity index (χ2v) is 6.97. The standard InChI is InChI=1S/C18H20N4O/c1-18(2,3)12-5-6-13-14(9-12)15(10-19)22(17(13)23)11-16-20-7-8-21(16)4/h5-9,15H,11H2,1-4H3.